The van der Waals surface area contributed by atoms with Crippen molar-refractivity contribution in [2.45, 2.75) is 99.7 Å². The zero-order valence-electron chi connectivity index (χ0n) is 27.2. The van der Waals surface area contributed by atoms with Gasteiger partial charge >= 0.3 is 17.9 Å². The van der Waals surface area contributed by atoms with Gasteiger partial charge in [-0.15, -0.1) is 0 Å². The summed E-state index contributed by atoms with van der Waals surface area (Å²) in [4.78, 5) is 52.7. The van der Waals surface area contributed by atoms with Crippen LogP contribution >= 0.6 is 0 Å². The molecule has 1 heterocycles. The van der Waals surface area contributed by atoms with Gasteiger partial charge in [0.05, 0.1) is 25.7 Å². The minimum atomic E-state index is -1.09. The number of ether oxygens (including phenoxy) is 3. The van der Waals surface area contributed by atoms with E-state index >= 15 is 0 Å². The van der Waals surface area contributed by atoms with Gasteiger partial charge in [-0.2, -0.15) is 0 Å². The van der Waals surface area contributed by atoms with Crippen LogP contribution in [-0.4, -0.2) is 60.8 Å². The molecule has 9 heteroatoms. The summed E-state index contributed by atoms with van der Waals surface area (Å²) in [6.45, 7) is 16.3. The van der Waals surface area contributed by atoms with Crippen molar-refractivity contribution < 1.29 is 38.5 Å². The number of carboxylic acids is 1. The molecule has 1 aliphatic heterocycles. The normalized spacial score (nSPS) is 46.0. The highest BCUT2D eigenvalue weighted by Gasteiger charge is 2.74. The molecule has 0 aromatic rings. The van der Waals surface area contributed by atoms with Crippen molar-refractivity contribution in [2.24, 2.45) is 62.4 Å². The van der Waals surface area contributed by atoms with Gasteiger partial charge in [-0.05, 0) is 72.7 Å². The topological polar surface area (TPSA) is 142 Å². The van der Waals surface area contributed by atoms with Crippen LogP contribution in [0.15, 0.2) is 11.6 Å². The highest BCUT2D eigenvalue weighted by atomic mass is 16.6. The Morgan fingerprint density at radius 3 is 2.33 bits per heavy atom. The molecule has 5 rings (SSSR count). The van der Waals surface area contributed by atoms with Crippen molar-refractivity contribution >= 4 is 23.7 Å². The number of rotatable bonds is 6. The van der Waals surface area contributed by atoms with E-state index in [9.17, 15) is 24.3 Å². The first-order chi connectivity index (χ1) is 19.9. The molecular formula is C34H51NO8. The third-order valence-corrected chi connectivity index (χ3v) is 13.7. The fourth-order valence-electron chi connectivity index (χ4n) is 11.1. The van der Waals surface area contributed by atoms with Gasteiger partial charge in [-0.1, -0.05) is 54.0 Å². The number of carbonyl (C=O) groups excluding carboxylic acids is 3. The van der Waals surface area contributed by atoms with Crippen LogP contribution in [-0.2, 0) is 33.4 Å². The Morgan fingerprint density at radius 1 is 1.07 bits per heavy atom. The van der Waals surface area contributed by atoms with E-state index in [1.54, 1.807) is 6.08 Å². The molecule has 240 valence electrons. The van der Waals surface area contributed by atoms with E-state index in [1.165, 1.54) is 6.92 Å². The lowest BCUT2D eigenvalue weighted by atomic mass is 9.34. The van der Waals surface area contributed by atoms with Crippen molar-refractivity contribution in [2.75, 3.05) is 19.8 Å². The summed E-state index contributed by atoms with van der Waals surface area (Å²) in [6.07, 6.45) is 3.76. The molecule has 3 saturated carbocycles. The number of esters is 2. The monoisotopic (exact) mass is 601 g/mol. The van der Waals surface area contributed by atoms with Gasteiger partial charge in [0.2, 0.25) is 0 Å². The molecule has 0 unspecified atom stereocenters. The zero-order chi connectivity index (χ0) is 31.9. The van der Waals surface area contributed by atoms with Crippen molar-refractivity contribution in [1.82, 2.24) is 0 Å². The fraction of sp³-hybridized carbons (Fsp3) is 0.824. The lowest BCUT2D eigenvalue weighted by Crippen LogP contribution is -2.71. The molecule has 4 fully saturated rings. The van der Waals surface area contributed by atoms with Crippen molar-refractivity contribution in [1.29, 1.82) is 0 Å². The molecular weight excluding hydrogens is 550 g/mol. The number of hydrogen-bond acceptors (Lipinski definition) is 8. The Kier molecular flexibility index (Phi) is 7.77. The second kappa shape index (κ2) is 10.4. The number of allylic oxidation sites excluding steroid dienone is 1. The number of hydrogen-bond donors (Lipinski definition) is 2. The number of fused-ring (bicyclic) bond motifs is 3. The molecule has 1 saturated heterocycles. The summed E-state index contributed by atoms with van der Waals surface area (Å²) in [6, 6.07) is 0. The maximum absolute atomic E-state index is 14.7. The largest absolute Gasteiger partial charge is 0.481 e. The number of aliphatic carboxylic acids is 1. The molecule has 0 amide bonds. The van der Waals surface area contributed by atoms with Crippen molar-refractivity contribution in [3.05, 3.63) is 11.6 Å². The molecule has 0 aromatic heterocycles. The van der Waals surface area contributed by atoms with Gasteiger partial charge < -0.3 is 25.1 Å². The molecule has 2 bridgehead atoms. The van der Waals surface area contributed by atoms with Gasteiger partial charge in [0, 0.05) is 23.2 Å². The second-order valence-electron chi connectivity index (χ2n) is 15.7. The lowest BCUT2D eigenvalue weighted by molar-refractivity contribution is -0.261. The highest BCUT2D eigenvalue weighted by molar-refractivity contribution is 6.00. The molecule has 4 aliphatic carbocycles. The molecule has 5 aliphatic rings. The zero-order valence-corrected chi connectivity index (χ0v) is 27.2. The van der Waals surface area contributed by atoms with Gasteiger partial charge in [-0.25, -0.2) is 0 Å². The number of carbonyl (C=O) groups is 4. The van der Waals surface area contributed by atoms with E-state index in [0.717, 1.165) is 31.3 Å². The van der Waals surface area contributed by atoms with E-state index in [-0.39, 0.29) is 36.0 Å². The molecule has 43 heavy (non-hydrogen) atoms. The lowest BCUT2D eigenvalue weighted by Gasteiger charge is -2.70. The molecule has 9 nitrogen and oxygen atoms in total. The van der Waals surface area contributed by atoms with Crippen LogP contribution < -0.4 is 5.73 Å². The summed E-state index contributed by atoms with van der Waals surface area (Å²) < 4.78 is 18.1. The minimum absolute atomic E-state index is 0.0180. The summed E-state index contributed by atoms with van der Waals surface area (Å²) in [5.74, 6) is -2.50. The van der Waals surface area contributed by atoms with Gasteiger partial charge in [-0.3, -0.25) is 19.2 Å². The van der Waals surface area contributed by atoms with E-state index in [2.05, 4.69) is 34.6 Å². The van der Waals surface area contributed by atoms with Crippen LogP contribution in [0.3, 0.4) is 0 Å². The Balaban J connectivity index is 1.66. The standard InChI is InChI=1S/C34H51NO8/c1-18(2)19(3)30(5)11-12-32(7)21-9-10-24-31(6)16-41-17-34(24,14-23(42-20(4)36)28(31)43-26(38)15-35)22(21)13-25(37)33(32,8)27(30)29(39)40/h13,18-19,21,23-24,27-28H,9-12,14-17,35H2,1-8H3,(H,39,40)/t19-,21+,23-,24+,27-,28+,30-,31-,32-,33+,34+/m1/s1. The van der Waals surface area contributed by atoms with Crippen LogP contribution in [0.5, 0.6) is 0 Å². The highest BCUT2D eigenvalue weighted by Crippen LogP contribution is 2.74. The van der Waals surface area contributed by atoms with Gasteiger partial charge in [0.15, 0.2) is 5.78 Å². The average Bonchev–Trinajstić information content (AvgIpc) is 2.91. The van der Waals surface area contributed by atoms with Crippen LogP contribution in [0.1, 0.15) is 87.5 Å². The van der Waals surface area contributed by atoms with Crippen molar-refractivity contribution in [3.8, 4) is 0 Å². The Bertz CT molecular complexity index is 1240. The Morgan fingerprint density at radius 2 is 1.74 bits per heavy atom. The summed E-state index contributed by atoms with van der Waals surface area (Å²) in [5.41, 5.74) is 3.14. The van der Waals surface area contributed by atoms with Crippen molar-refractivity contribution in [3.63, 3.8) is 0 Å². The third kappa shape index (κ3) is 4.23. The quantitative estimate of drug-likeness (QED) is 0.419. The minimum Gasteiger partial charge on any atom is -0.481 e. The van der Waals surface area contributed by atoms with Gasteiger partial charge in [0.1, 0.15) is 12.2 Å². The van der Waals surface area contributed by atoms with E-state index in [1.807, 2.05) is 13.8 Å². The molecule has 0 spiro atoms. The fourth-order valence-corrected chi connectivity index (χ4v) is 11.1. The summed E-state index contributed by atoms with van der Waals surface area (Å²) in [7, 11) is 0. The SMILES string of the molecule is CC(=O)O[C@@H]1C[C@@]23COC[C@](C)([C@@H]2CC[C@H]2C3=CC(=O)[C@@]3(C)[C@H](C(=O)O)[C@@](C)([C@H](C)C(C)C)CC[C@]23C)[C@H]1OC(=O)CN. The van der Waals surface area contributed by atoms with Gasteiger partial charge in [0.25, 0.3) is 0 Å². The molecule has 0 aromatic carbocycles. The van der Waals surface area contributed by atoms with Crippen LogP contribution in [0, 0.1) is 56.7 Å². The van der Waals surface area contributed by atoms with Crippen LogP contribution in [0.25, 0.3) is 0 Å². The first kappa shape index (κ1) is 32.1. The maximum Gasteiger partial charge on any atom is 0.320 e. The Hall–Kier alpha value is -2.26. The van der Waals surface area contributed by atoms with E-state index in [0.29, 0.717) is 19.6 Å². The predicted octanol–water partition coefficient (Wildman–Crippen LogP) is 4.56. The smallest absolute Gasteiger partial charge is 0.320 e. The second-order valence-corrected chi connectivity index (χ2v) is 15.7. The summed E-state index contributed by atoms with van der Waals surface area (Å²) >= 11 is 0. The molecule has 11 atom stereocenters. The molecule has 3 N–H and O–H groups in total. The van der Waals surface area contributed by atoms with E-state index in [4.69, 9.17) is 19.9 Å². The van der Waals surface area contributed by atoms with Crippen LogP contribution in [0.2, 0.25) is 0 Å². The molecule has 0 radical (unpaired) electrons. The maximum atomic E-state index is 14.7. The number of nitrogens with two attached hydrogens (primary N) is 1. The average molecular weight is 602 g/mol. The third-order valence-electron chi connectivity index (χ3n) is 13.7. The Labute approximate surface area is 255 Å². The number of ketones is 1. The predicted molar refractivity (Wildman–Crippen MR) is 158 cm³/mol. The number of carboxylic acid groups (broad SMARTS) is 1. The first-order valence-electron chi connectivity index (χ1n) is 16.1. The summed E-state index contributed by atoms with van der Waals surface area (Å²) in [5, 5.41) is 10.8. The first-order valence-corrected chi connectivity index (χ1v) is 16.1. The van der Waals surface area contributed by atoms with Crippen LogP contribution in [0.4, 0.5) is 0 Å². The van der Waals surface area contributed by atoms with E-state index < -0.39 is 63.1 Å².